The number of oxazole rings is 1. The van der Waals surface area contributed by atoms with E-state index in [-0.39, 0.29) is 19.2 Å². The number of amides is 2. The summed E-state index contributed by atoms with van der Waals surface area (Å²) in [6, 6.07) is -0.331. The molecule has 0 fully saturated rings. The van der Waals surface area contributed by atoms with Crippen molar-refractivity contribution < 1.29 is 14.3 Å². The van der Waals surface area contributed by atoms with E-state index in [1.807, 2.05) is 0 Å². The van der Waals surface area contributed by atoms with Gasteiger partial charge in [0.05, 0.1) is 6.61 Å². The van der Waals surface area contributed by atoms with Gasteiger partial charge < -0.3 is 14.4 Å². The van der Waals surface area contributed by atoms with Crippen LogP contribution in [-0.4, -0.2) is 41.2 Å². The van der Waals surface area contributed by atoms with Crippen LogP contribution in [0.4, 0.5) is 10.6 Å². The van der Waals surface area contributed by atoms with Gasteiger partial charge in [0.1, 0.15) is 6.26 Å². The van der Waals surface area contributed by atoms with E-state index >= 15 is 0 Å². The van der Waals surface area contributed by atoms with E-state index in [2.05, 4.69) is 14.7 Å². The van der Waals surface area contributed by atoms with E-state index in [0.717, 1.165) is 0 Å². The van der Waals surface area contributed by atoms with E-state index in [4.69, 9.17) is 5.11 Å². The molecule has 72 valence electrons. The molecule has 2 N–H and O–H groups in total. The van der Waals surface area contributed by atoms with Gasteiger partial charge in [-0.3, -0.25) is 5.32 Å². The molecule has 6 heteroatoms. The standard InChI is InChI=1S/C7H11N3O3/c1-10(2-3-11)7(12)9-6-4-13-5-8-6/h4-5,11H,2-3H2,1H3,(H,9,12). The number of likely N-dealkylation sites (N-methyl/N-ethyl adjacent to an activating group) is 1. The molecule has 1 aromatic rings. The first-order chi connectivity index (χ1) is 6.24. The Balaban J connectivity index is 2.41. The molecular weight excluding hydrogens is 174 g/mol. The maximum absolute atomic E-state index is 11.2. The summed E-state index contributed by atoms with van der Waals surface area (Å²) < 4.78 is 4.66. The second kappa shape index (κ2) is 4.46. The first-order valence-electron chi connectivity index (χ1n) is 3.75. The number of hydrogen-bond acceptors (Lipinski definition) is 4. The van der Waals surface area contributed by atoms with Crippen molar-refractivity contribution in [2.75, 3.05) is 25.5 Å². The number of nitrogens with one attached hydrogen (secondary N) is 1. The Bertz CT molecular complexity index is 260. The van der Waals surface area contributed by atoms with Crippen molar-refractivity contribution in [1.29, 1.82) is 0 Å². The van der Waals surface area contributed by atoms with Crippen LogP contribution >= 0.6 is 0 Å². The molecule has 0 aromatic carbocycles. The third-order valence-corrected chi connectivity index (χ3v) is 1.45. The van der Waals surface area contributed by atoms with Gasteiger partial charge in [0, 0.05) is 13.6 Å². The predicted octanol–water partition coefficient (Wildman–Crippen LogP) is 0.131. The molecule has 0 aliphatic rings. The van der Waals surface area contributed by atoms with Crippen molar-refractivity contribution in [1.82, 2.24) is 9.88 Å². The number of urea groups is 1. The average molecular weight is 185 g/mol. The molecule has 0 atom stereocenters. The second-order valence-corrected chi connectivity index (χ2v) is 2.45. The van der Waals surface area contributed by atoms with Gasteiger partial charge in [-0.15, -0.1) is 0 Å². The zero-order valence-corrected chi connectivity index (χ0v) is 7.23. The smallest absolute Gasteiger partial charge is 0.322 e. The van der Waals surface area contributed by atoms with Crippen LogP contribution in [0.2, 0.25) is 0 Å². The Hall–Kier alpha value is -1.56. The largest absolute Gasteiger partial charge is 0.449 e. The molecule has 0 saturated heterocycles. The fraction of sp³-hybridized carbons (Fsp3) is 0.429. The number of nitrogens with zero attached hydrogens (tertiary/aromatic N) is 2. The van der Waals surface area contributed by atoms with Gasteiger partial charge >= 0.3 is 6.03 Å². The van der Waals surface area contributed by atoms with Crippen molar-refractivity contribution in [3.05, 3.63) is 12.7 Å². The number of carbonyl (C=O) groups is 1. The SMILES string of the molecule is CN(CCO)C(=O)Nc1cocn1. The highest BCUT2D eigenvalue weighted by Gasteiger charge is 2.08. The van der Waals surface area contributed by atoms with Crippen molar-refractivity contribution >= 4 is 11.8 Å². The lowest BCUT2D eigenvalue weighted by molar-refractivity contribution is 0.202. The van der Waals surface area contributed by atoms with Gasteiger partial charge in [-0.05, 0) is 0 Å². The molecule has 2 amide bonds. The van der Waals surface area contributed by atoms with Crippen LogP contribution < -0.4 is 5.32 Å². The van der Waals surface area contributed by atoms with Crippen molar-refractivity contribution in [3.63, 3.8) is 0 Å². The highest BCUT2D eigenvalue weighted by Crippen LogP contribution is 2.01. The summed E-state index contributed by atoms with van der Waals surface area (Å²) in [6.07, 6.45) is 2.55. The zero-order chi connectivity index (χ0) is 9.68. The fourth-order valence-corrected chi connectivity index (χ4v) is 0.731. The molecule has 0 spiro atoms. The summed E-state index contributed by atoms with van der Waals surface area (Å²) in [5, 5.41) is 11.0. The van der Waals surface area contributed by atoms with Gasteiger partial charge in [0.15, 0.2) is 12.2 Å². The average Bonchev–Trinajstić information content (AvgIpc) is 2.57. The first kappa shape index (κ1) is 9.53. The number of rotatable bonds is 3. The van der Waals surface area contributed by atoms with E-state index in [1.165, 1.54) is 17.6 Å². The van der Waals surface area contributed by atoms with Crippen LogP contribution in [0.15, 0.2) is 17.1 Å². The third-order valence-electron chi connectivity index (χ3n) is 1.45. The minimum atomic E-state index is -0.331. The number of carbonyl (C=O) groups excluding carboxylic acids is 1. The van der Waals surface area contributed by atoms with Gasteiger partial charge in [-0.1, -0.05) is 0 Å². The summed E-state index contributed by atoms with van der Waals surface area (Å²) >= 11 is 0. The Kier molecular flexibility index (Phi) is 3.27. The second-order valence-electron chi connectivity index (χ2n) is 2.45. The number of aliphatic hydroxyl groups is 1. The highest BCUT2D eigenvalue weighted by atomic mass is 16.3. The summed E-state index contributed by atoms with van der Waals surface area (Å²) in [4.78, 5) is 16.3. The first-order valence-corrected chi connectivity index (χ1v) is 3.75. The summed E-state index contributed by atoms with van der Waals surface area (Å²) in [6.45, 7) is 0.215. The van der Waals surface area contributed by atoms with Crippen LogP contribution in [0.25, 0.3) is 0 Å². The normalized spacial score (nSPS) is 9.69. The van der Waals surface area contributed by atoms with Crippen molar-refractivity contribution in [3.8, 4) is 0 Å². The number of aliphatic hydroxyl groups excluding tert-OH is 1. The summed E-state index contributed by atoms with van der Waals surface area (Å²) in [7, 11) is 1.58. The Morgan fingerprint density at radius 1 is 1.85 bits per heavy atom. The van der Waals surface area contributed by atoms with Crippen molar-refractivity contribution in [2.24, 2.45) is 0 Å². The Labute approximate surface area is 75.2 Å². The number of anilines is 1. The lowest BCUT2D eigenvalue weighted by Crippen LogP contribution is -2.33. The van der Waals surface area contributed by atoms with Crippen LogP contribution in [-0.2, 0) is 0 Å². The van der Waals surface area contributed by atoms with Crippen LogP contribution in [0.3, 0.4) is 0 Å². The molecule has 1 aromatic heterocycles. The zero-order valence-electron chi connectivity index (χ0n) is 7.23. The van der Waals surface area contributed by atoms with Crippen molar-refractivity contribution in [2.45, 2.75) is 0 Å². The summed E-state index contributed by atoms with van der Waals surface area (Å²) in [5.74, 6) is 0.356. The summed E-state index contributed by atoms with van der Waals surface area (Å²) in [5.41, 5.74) is 0. The number of hydrogen-bond donors (Lipinski definition) is 2. The van der Waals surface area contributed by atoms with Gasteiger partial charge in [-0.25, -0.2) is 4.79 Å². The topological polar surface area (TPSA) is 78.6 Å². The Morgan fingerprint density at radius 3 is 3.15 bits per heavy atom. The molecule has 6 nitrogen and oxygen atoms in total. The minimum absolute atomic E-state index is 0.0667. The molecule has 13 heavy (non-hydrogen) atoms. The monoisotopic (exact) mass is 185 g/mol. The van der Waals surface area contributed by atoms with Gasteiger partial charge in [0.2, 0.25) is 0 Å². The maximum Gasteiger partial charge on any atom is 0.322 e. The Morgan fingerprint density at radius 2 is 2.62 bits per heavy atom. The van der Waals surface area contributed by atoms with Crippen LogP contribution in [0.1, 0.15) is 0 Å². The lowest BCUT2D eigenvalue weighted by Gasteiger charge is -2.14. The molecule has 0 aliphatic carbocycles. The minimum Gasteiger partial charge on any atom is -0.449 e. The van der Waals surface area contributed by atoms with Crippen LogP contribution in [0.5, 0.6) is 0 Å². The molecule has 0 radical (unpaired) electrons. The molecule has 0 unspecified atom stereocenters. The highest BCUT2D eigenvalue weighted by molar-refractivity contribution is 5.87. The quantitative estimate of drug-likeness (QED) is 0.701. The van der Waals surface area contributed by atoms with Crippen LogP contribution in [0, 0.1) is 0 Å². The van der Waals surface area contributed by atoms with E-state index in [1.54, 1.807) is 7.05 Å². The third kappa shape index (κ3) is 2.75. The molecule has 0 saturated carbocycles. The van der Waals surface area contributed by atoms with Gasteiger partial charge in [-0.2, -0.15) is 4.98 Å². The molecule has 0 bridgehead atoms. The van der Waals surface area contributed by atoms with E-state index < -0.39 is 0 Å². The maximum atomic E-state index is 11.2. The molecule has 0 aliphatic heterocycles. The predicted molar refractivity (Wildman–Crippen MR) is 45.2 cm³/mol. The van der Waals surface area contributed by atoms with E-state index in [9.17, 15) is 4.79 Å². The fourth-order valence-electron chi connectivity index (χ4n) is 0.731. The van der Waals surface area contributed by atoms with E-state index in [0.29, 0.717) is 5.82 Å². The molecule has 1 heterocycles. The molecular formula is C7H11N3O3. The van der Waals surface area contributed by atoms with Gasteiger partial charge in [0.25, 0.3) is 0 Å². The molecule has 1 rings (SSSR count). The number of aromatic nitrogens is 1. The lowest BCUT2D eigenvalue weighted by atomic mass is 10.6.